The van der Waals surface area contributed by atoms with Crippen LogP contribution in [0.5, 0.6) is 0 Å². The minimum absolute atomic E-state index is 0.0975. The highest BCUT2D eigenvalue weighted by Crippen LogP contribution is 2.31. The molecular weight excluding hydrogens is 309 g/mol. The van der Waals surface area contributed by atoms with E-state index in [0.29, 0.717) is 31.5 Å². The van der Waals surface area contributed by atoms with Gasteiger partial charge in [0, 0.05) is 13.1 Å². The lowest BCUT2D eigenvalue weighted by Crippen LogP contribution is -2.40. The lowest BCUT2D eigenvalue weighted by atomic mass is 9.96. The highest BCUT2D eigenvalue weighted by molar-refractivity contribution is 5.82. The summed E-state index contributed by atoms with van der Waals surface area (Å²) < 4.78 is 38.1. The van der Waals surface area contributed by atoms with E-state index < -0.39 is 23.9 Å². The van der Waals surface area contributed by atoms with Gasteiger partial charge < -0.3 is 15.7 Å². The lowest BCUT2D eigenvalue weighted by Gasteiger charge is -2.16. The summed E-state index contributed by atoms with van der Waals surface area (Å²) in [6.45, 7) is 2.61. The summed E-state index contributed by atoms with van der Waals surface area (Å²) in [4.78, 5) is 11.9. The first-order chi connectivity index (χ1) is 10.8. The molecule has 1 aromatic rings. The zero-order valence-electron chi connectivity index (χ0n) is 12.9. The third kappa shape index (κ3) is 4.94. The van der Waals surface area contributed by atoms with E-state index in [-0.39, 0.29) is 11.8 Å². The highest BCUT2D eigenvalue weighted by atomic mass is 19.4. The van der Waals surface area contributed by atoms with Crippen molar-refractivity contribution >= 4 is 5.91 Å². The predicted octanol–water partition coefficient (Wildman–Crippen LogP) is 2.04. The van der Waals surface area contributed by atoms with Crippen molar-refractivity contribution in [1.29, 1.82) is 0 Å². The Morgan fingerprint density at radius 1 is 1.48 bits per heavy atom. The van der Waals surface area contributed by atoms with Crippen LogP contribution in [0.15, 0.2) is 24.3 Å². The van der Waals surface area contributed by atoms with Gasteiger partial charge in [0.05, 0.1) is 17.7 Å². The SMILES string of the molecule is CC(CCNC(=O)[C@H]1C[C@H](O)CN1)c1cccc(C(F)(F)F)c1. The number of carbonyl (C=O) groups excluding carboxylic acids is 1. The molecule has 0 aromatic heterocycles. The predicted molar refractivity (Wildman–Crippen MR) is 79.9 cm³/mol. The van der Waals surface area contributed by atoms with Gasteiger partial charge in [-0.3, -0.25) is 4.79 Å². The van der Waals surface area contributed by atoms with Crippen molar-refractivity contribution in [2.45, 2.75) is 44.0 Å². The average Bonchev–Trinajstić information content (AvgIpc) is 2.93. The molecule has 0 spiro atoms. The van der Waals surface area contributed by atoms with Crippen LogP contribution in [0.2, 0.25) is 0 Å². The number of β-amino-alcohol motifs (C(OH)–C–C–N with tert-alkyl or cyclic N) is 1. The Morgan fingerprint density at radius 2 is 2.22 bits per heavy atom. The van der Waals surface area contributed by atoms with Crippen molar-refractivity contribution in [1.82, 2.24) is 10.6 Å². The van der Waals surface area contributed by atoms with Gasteiger partial charge in [-0.2, -0.15) is 13.2 Å². The molecule has 1 aliphatic rings. The molecule has 1 aliphatic heterocycles. The maximum Gasteiger partial charge on any atom is 0.416 e. The van der Waals surface area contributed by atoms with Crippen LogP contribution in [0.1, 0.15) is 36.8 Å². The van der Waals surface area contributed by atoms with Gasteiger partial charge in [-0.25, -0.2) is 0 Å². The minimum Gasteiger partial charge on any atom is -0.392 e. The second-order valence-electron chi connectivity index (χ2n) is 5.95. The Bertz CT molecular complexity index is 548. The third-order valence-corrected chi connectivity index (χ3v) is 4.08. The van der Waals surface area contributed by atoms with E-state index in [9.17, 15) is 23.1 Å². The molecule has 1 heterocycles. The summed E-state index contributed by atoms with van der Waals surface area (Å²) in [5.74, 6) is -0.280. The number of aliphatic hydroxyl groups is 1. The molecule has 0 bridgehead atoms. The molecule has 1 aromatic carbocycles. The summed E-state index contributed by atoms with van der Waals surface area (Å²) in [7, 11) is 0. The maximum absolute atomic E-state index is 12.7. The zero-order chi connectivity index (χ0) is 17.0. The Morgan fingerprint density at radius 3 is 2.83 bits per heavy atom. The second kappa shape index (κ2) is 7.31. The van der Waals surface area contributed by atoms with Crippen molar-refractivity contribution < 1.29 is 23.1 Å². The average molecular weight is 330 g/mol. The van der Waals surface area contributed by atoms with Gasteiger partial charge in [0.2, 0.25) is 5.91 Å². The van der Waals surface area contributed by atoms with E-state index in [1.54, 1.807) is 6.07 Å². The van der Waals surface area contributed by atoms with E-state index in [4.69, 9.17) is 0 Å². The number of alkyl halides is 3. The molecule has 3 atom stereocenters. The van der Waals surface area contributed by atoms with Crippen LogP contribution >= 0.6 is 0 Å². The largest absolute Gasteiger partial charge is 0.416 e. The van der Waals surface area contributed by atoms with Crippen LogP contribution < -0.4 is 10.6 Å². The number of hydrogen-bond donors (Lipinski definition) is 3. The molecule has 128 valence electrons. The molecule has 0 radical (unpaired) electrons. The highest BCUT2D eigenvalue weighted by Gasteiger charge is 2.31. The van der Waals surface area contributed by atoms with E-state index >= 15 is 0 Å². The number of benzene rings is 1. The Balaban J connectivity index is 1.83. The normalized spacial score (nSPS) is 22.8. The molecule has 0 saturated carbocycles. The van der Waals surface area contributed by atoms with Crippen LogP contribution in [-0.2, 0) is 11.0 Å². The Labute approximate surface area is 133 Å². The number of amides is 1. The lowest BCUT2D eigenvalue weighted by molar-refractivity contribution is -0.137. The summed E-state index contributed by atoms with van der Waals surface area (Å²) in [5, 5.41) is 15.0. The van der Waals surface area contributed by atoms with E-state index in [1.807, 2.05) is 6.92 Å². The Kier molecular flexibility index (Phi) is 5.64. The number of hydrogen-bond acceptors (Lipinski definition) is 3. The first-order valence-electron chi connectivity index (χ1n) is 7.63. The maximum atomic E-state index is 12.7. The molecule has 2 rings (SSSR count). The molecule has 3 N–H and O–H groups in total. The smallest absolute Gasteiger partial charge is 0.392 e. The number of carbonyl (C=O) groups is 1. The Hall–Kier alpha value is -1.60. The summed E-state index contributed by atoms with van der Waals surface area (Å²) in [6.07, 6.45) is -3.93. The van der Waals surface area contributed by atoms with Crippen LogP contribution in [0.4, 0.5) is 13.2 Å². The zero-order valence-corrected chi connectivity index (χ0v) is 12.9. The van der Waals surface area contributed by atoms with Gasteiger partial charge in [0.1, 0.15) is 0 Å². The van der Waals surface area contributed by atoms with Crippen LogP contribution in [-0.4, -0.2) is 36.2 Å². The van der Waals surface area contributed by atoms with Crippen molar-refractivity contribution in [3.05, 3.63) is 35.4 Å². The molecule has 1 saturated heterocycles. The van der Waals surface area contributed by atoms with E-state index in [2.05, 4.69) is 10.6 Å². The monoisotopic (exact) mass is 330 g/mol. The molecule has 1 fully saturated rings. The third-order valence-electron chi connectivity index (χ3n) is 4.08. The van der Waals surface area contributed by atoms with Crippen molar-refractivity contribution in [3.8, 4) is 0 Å². The van der Waals surface area contributed by atoms with E-state index in [1.165, 1.54) is 6.07 Å². The number of rotatable bonds is 5. The number of aliphatic hydroxyl groups excluding tert-OH is 1. The van der Waals surface area contributed by atoms with Crippen LogP contribution in [0.3, 0.4) is 0 Å². The van der Waals surface area contributed by atoms with Gasteiger partial charge in [0.15, 0.2) is 0 Å². The molecule has 7 heteroatoms. The summed E-state index contributed by atoms with van der Waals surface area (Å²) >= 11 is 0. The van der Waals surface area contributed by atoms with Crippen molar-refractivity contribution in [3.63, 3.8) is 0 Å². The molecular formula is C16H21F3N2O2. The number of nitrogens with one attached hydrogen (secondary N) is 2. The van der Waals surface area contributed by atoms with Crippen molar-refractivity contribution in [2.75, 3.05) is 13.1 Å². The summed E-state index contributed by atoms with van der Waals surface area (Å²) in [6, 6.07) is 4.87. The van der Waals surface area contributed by atoms with Crippen molar-refractivity contribution in [2.24, 2.45) is 0 Å². The van der Waals surface area contributed by atoms with Gasteiger partial charge in [-0.1, -0.05) is 25.1 Å². The van der Waals surface area contributed by atoms with Crippen LogP contribution in [0.25, 0.3) is 0 Å². The van der Waals surface area contributed by atoms with E-state index in [0.717, 1.165) is 12.1 Å². The molecule has 23 heavy (non-hydrogen) atoms. The fraction of sp³-hybridized carbons (Fsp3) is 0.562. The summed E-state index contributed by atoms with van der Waals surface area (Å²) in [5.41, 5.74) is -0.0569. The quantitative estimate of drug-likeness (QED) is 0.774. The van der Waals surface area contributed by atoms with Gasteiger partial charge >= 0.3 is 6.18 Å². The second-order valence-corrected chi connectivity index (χ2v) is 5.95. The molecule has 1 amide bonds. The first-order valence-corrected chi connectivity index (χ1v) is 7.63. The molecule has 0 aliphatic carbocycles. The topological polar surface area (TPSA) is 61.4 Å². The van der Waals surface area contributed by atoms with Gasteiger partial charge in [0.25, 0.3) is 0 Å². The molecule has 1 unspecified atom stereocenters. The standard InChI is InChI=1S/C16H21F3N2O2/c1-10(11-3-2-4-12(7-11)16(17,18)19)5-6-20-15(23)14-8-13(22)9-21-14/h2-4,7,10,13-14,21-22H,5-6,8-9H2,1H3,(H,20,23)/t10?,13-,14+/m0/s1. The minimum atomic E-state index is -4.35. The number of halogens is 3. The van der Waals surface area contributed by atoms with Gasteiger partial charge in [-0.15, -0.1) is 0 Å². The fourth-order valence-corrected chi connectivity index (χ4v) is 2.64. The first kappa shape index (κ1) is 17.7. The van der Waals surface area contributed by atoms with Crippen LogP contribution in [0, 0.1) is 0 Å². The van der Waals surface area contributed by atoms with Gasteiger partial charge in [-0.05, 0) is 30.4 Å². The molecule has 4 nitrogen and oxygen atoms in total. The fourth-order valence-electron chi connectivity index (χ4n) is 2.64.